The molecule has 178 valence electrons. The van der Waals surface area contributed by atoms with Gasteiger partial charge in [-0.2, -0.15) is 5.10 Å². The Morgan fingerprint density at radius 3 is 1.89 bits per heavy atom. The number of pyridine rings is 1. The Labute approximate surface area is 211 Å². The Hall–Kier alpha value is -3.74. The summed E-state index contributed by atoms with van der Waals surface area (Å²) in [4.78, 5) is 5.01. The molecular weight excluding hydrogens is 445 g/mol. The summed E-state index contributed by atoms with van der Waals surface area (Å²) in [5, 5.41) is 3.49. The predicted octanol–water partition coefficient (Wildman–Crippen LogP) is 5.45. The van der Waals surface area contributed by atoms with Gasteiger partial charge in [0.25, 0.3) is 5.82 Å². The van der Waals surface area contributed by atoms with Crippen LogP contribution in [0.2, 0.25) is 0 Å². The normalized spacial score (nSPS) is 16.5. The molecule has 1 saturated heterocycles. The van der Waals surface area contributed by atoms with Crippen molar-refractivity contribution in [2.75, 3.05) is 0 Å². The molecule has 1 fully saturated rings. The van der Waals surface area contributed by atoms with Crippen LogP contribution in [0, 0.1) is 0 Å². The lowest BCUT2D eigenvalue weighted by Crippen LogP contribution is -2.41. The van der Waals surface area contributed by atoms with E-state index in [9.17, 15) is 0 Å². The van der Waals surface area contributed by atoms with E-state index in [-0.39, 0.29) is 18.3 Å². The summed E-state index contributed by atoms with van der Waals surface area (Å²) in [6.07, 6.45) is 2.10. The SMILES string of the molecule is CC1(C)OB(c2ccc(-c3nc4c(-c5ccccc5)cc(-c5ccccc5)c[n+]4[nH]3)cc2)OC1(C)C. The minimum Gasteiger partial charge on any atom is -0.399 e. The van der Waals surface area contributed by atoms with Crippen LogP contribution in [-0.2, 0) is 9.31 Å². The molecule has 6 rings (SSSR count). The number of nitrogens with one attached hydrogen (secondary N) is 1. The van der Waals surface area contributed by atoms with Gasteiger partial charge in [-0.25, -0.2) is 0 Å². The highest BCUT2D eigenvalue weighted by molar-refractivity contribution is 6.62. The number of H-pyrrole nitrogens is 1. The average molecular weight is 474 g/mol. The highest BCUT2D eigenvalue weighted by Crippen LogP contribution is 2.36. The molecule has 1 N–H and O–H groups in total. The molecule has 1 aliphatic heterocycles. The van der Waals surface area contributed by atoms with Crippen LogP contribution in [0.4, 0.5) is 0 Å². The Morgan fingerprint density at radius 1 is 0.694 bits per heavy atom. The standard InChI is InChI=1S/C30H28BN3O2/c1-29(2)30(3,4)36-31(35-29)25-17-15-23(16-18-25)27-32-28-26(22-13-9-6-10-14-22)19-24(20-34(28)33-27)21-11-7-5-8-12-21/h5-20H,1-4H3/p+1. The van der Waals surface area contributed by atoms with Crippen molar-refractivity contribution in [1.82, 2.24) is 10.1 Å². The summed E-state index contributed by atoms with van der Waals surface area (Å²) < 4.78 is 14.4. The number of hydrogen-bond acceptors (Lipinski definition) is 3. The molecule has 36 heavy (non-hydrogen) atoms. The molecule has 0 bridgehead atoms. The molecule has 5 aromatic rings. The molecular formula is C30H29BN3O2+. The molecule has 2 aromatic heterocycles. The average Bonchev–Trinajstić information content (AvgIpc) is 3.42. The summed E-state index contributed by atoms with van der Waals surface area (Å²) in [6.45, 7) is 8.28. The Balaban J connectivity index is 1.40. The molecule has 6 heteroatoms. The summed E-state index contributed by atoms with van der Waals surface area (Å²) in [5.41, 5.74) is 6.63. The van der Waals surface area contributed by atoms with Crippen LogP contribution in [0.3, 0.4) is 0 Å². The van der Waals surface area contributed by atoms with Crippen molar-refractivity contribution in [1.29, 1.82) is 0 Å². The zero-order valence-electron chi connectivity index (χ0n) is 21.0. The number of rotatable bonds is 4. The van der Waals surface area contributed by atoms with Gasteiger partial charge in [-0.15, -0.1) is 4.52 Å². The van der Waals surface area contributed by atoms with E-state index in [0.717, 1.165) is 44.8 Å². The van der Waals surface area contributed by atoms with Gasteiger partial charge >= 0.3 is 12.8 Å². The van der Waals surface area contributed by atoms with Gasteiger partial charge in [0, 0.05) is 11.1 Å². The Bertz CT molecular complexity index is 1510. The topological polar surface area (TPSA) is 51.2 Å². The molecule has 0 saturated carbocycles. The van der Waals surface area contributed by atoms with Gasteiger partial charge in [0.15, 0.2) is 0 Å². The summed E-state index contributed by atoms with van der Waals surface area (Å²) in [6, 6.07) is 31.3. The van der Waals surface area contributed by atoms with Gasteiger partial charge in [0.1, 0.15) is 6.20 Å². The minimum absolute atomic E-state index is 0.365. The second-order valence-electron chi connectivity index (χ2n) is 10.4. The molecule has 0 spiro atoms. The van der Waals surface area contributed by atoms with E-state index in [0.29, 0.717) is 0 Å². The van der Waals surface area contributed by atoms with Gasteiger partial charge in [-0.1, -0.05) is 72.8 Å². The maximum Gasteiger partial charge on any atom is 0.494 e. The smallest absolute Gasteiger partial charge is 0.399 e. The molecule has 1 aliphatic rings. The van der Waals surface area contributed by atoms with E-state index in [1.807, 2.05) is 16.6 Å². The molecule has 0 unspecified atom stereocenters. The van der Waals surface area contributed by atoms with Crippen molar-refractivity contribution in [2.24, 2.45) is 0 Å². The van der Waals surface area contributed by atoms with Crippen LogP contribution in [-0.4, -0.2) is 28.4 Å². The van der Waals surface area contributed by atoms with Crippen molar-refractivity contribution in [3.8, 4) is 33.6 Å². The maximum absolute atomic E-state index is 6.21. The minimum atomic E-state index is -0.382. The van der Waals surface area contributed by atoms with Crippen molar-refractivity contribution in [3.05, 3.63) is 97.2 Å². The molecule has 5 nitrogen and oxygen atoms in total. The number of nitrogens with zero attached hydrogens (tertiary/aromatic N) is 2. The van der Waals surface area contributed by atoms with E-state index < -0.39 is 0 Å². The number of benzene rings is 3. The molecule has 0 radical (unpaired) electrons. The van der Waals surface area contributed by atoms with Crippen molar-refractivity contribution in [2.45, 2.75) is 38.9 Å². The Morgan fingerprint density at radius 2 is 1.28 bits per heavy atom. The van der Waals surface area contributed by atoms with Crippen LogP contribution in [0.15, 0.2) is 97.2 Å². The lowest BCUT2D eigenvalue weighted by molar-refractivity contribution is -0.575. The molecule has 3 heterocycles. The summed E-state index contributed by atoms with van der Waals surface area (Å²) in [5.74, 6) is 0.804. The van der Waals surface area contributed by atoms with E-state index in [1.54, 1.807) is 0 Å². The molecule has 0 atom stereocenters. The lowest BCUT2D eigenvalue weighted by Gasteiger charge is -2.32. The van der Waals surface area contributed by atoms with Gasteiger partial charge in [0.05, 0.1) is 16.8 Å². The van der Waals surface area contributed by atoms with Crippen molar-refractivity contribution >= 4 is 18.2 Å². The number of hydrogen-bond donors (Lipinski definition) is 1. The monoisotopic (exact) mass is 474 g/mol. The van der Waals surface area contributed by atoms with Gasteiger partial charge in [-0.05, 0) is 67.5 Å². The second kappa shape index (κ2) is 8.44. The third kappa shape index (κ3) is 3.92. The summed E-state index contributed by atoms with van der Waals surface area (Å²) in [7, 11) is -0.382. The lowest BCUT2D eigenvalue weighted by atomic mass is 9.79. The summed E-state index contributed by atoms with van der Waals surface area (Å²) >= 11 is 0. The third-order valence-electron chi connectivity index (χ3n) is 7.38. The Kier molecular flexibility index (Phi) is 5.32. The molecule has 0 amide bonds. The van der Waals surface area contributed by atoms with E-state index in [4.69, 9.17) is 14.3 Å². The quantitative estimate of drug-likeness (QED) is 0.279. The van der Waals surface area contributed by atoms with Crippen LogP contribution in [0.5, 0.6) is 0 Å². The fourth-order valence-electron chi connectivity index (χ4n) is 4.56. The van der Waals surface area contributed by atoms with E-state index >= 15 is 0 Å². The second-order valence-corrected chi connectivity index (χ2v) is 10.4. The number of fused-ring (bicyclic) bond motifs is 1. The fraction of sp³-hybridized carbons (Fsp3) is 0.200. The predicted molar refractivity (Wildman–Crippen MR) is 144 cm³/mol. The van der Waals surface area contributed by atoms with Gasteiger partial charge < -0.3 is 9.31 Å². The highest BCUT2D eigenvalue weighted by atomic mass is 16.7. The first kappa shape index (κ1) is 22.7. The van der Waals surface area contributed by atoms with Gasteiger partial charge in [-0.3, -0.25) is 0 Å². The fourth-order valence-corrected chi connectivity index (χ4v) is 4.56. The molecule has 0 aliphatic carbocycles. The number of aromatic nitrogens is 3. The zero-order valence-corrected chi connectivity index (χ0v) is 21.0. The largest absolute Gasteiger partial charge is 0.494 e. The first-order valence-corrected chi connectivity index (χ1v) is 12.3. The first-order valence-electron chi connectivity index (χ1n) is 12.3. The van der Waals surface area contributed by atoms with Crippen molar-refractivity contribution in [3.63, 3.8) is 0 Å². The first-order chi connectivity index (χ1) is 17.3. The van der Waals surface area contributed by atoms with Crippen molar-refractivity contribution < 1.29 is 13.8 Å². The van der Waals surface area contributed by atoms with Crippen LogP contribution < -0.4 is 9.98 Å². The number of aromatic amines is 1. The van der Waals surface area contributed by atoms with Crippen LogP contribution in [0.25, 0.3) is 39.3 Å². The molecule has 3 aromatic carbocycles. The maximum atomic E-state index is 6.21. The van der Waals surface area contributed by atoms with E-state index in [2.05, 4.69) is 118 Å². The van der Waals surface area contributed by atoms with Gasteiger partial charge in [0.2, 0.25) is 0 Å². The highest BCUT2D eigenvalue weighted by Gasteiger charge is 2.51. The van der Waals surface area contributed by atoms with Crippen LogP contribution in [0.1, 0.15) is 27.7 Å². The van der Waals surface area contributed by atoms with Crippen LogP contribution >= 0.6 is 0 Å². The zero-order chi connectivity index (χ0) is 24.9. The van der Waals surface area contributed by atoms with E-state index in [1.165, 1.54) is 0 Å². The third-order valence-corrected chi connectivity index (χ3v) is 7.38.